The lowest BCUT2D eigenvalue weighted by atomic mass is 10.0. The number of pyridine rings is 1. The number of hydrogen-bond donors (Lipinski definition) is 1. The Morgan fingerprint density at radius 2 is 2.17 bits per heavy atom. The molecule has 0 fully saturated rings. The first-order chi connectivity index (χ1) is 11.2. The number of rotatable bonds is 4. The number of aromatic nitrogens is 1. The quantitative estimate of drug-likeness (QED) is 0.874. The van der Waals surface area contributed by atoms with Crippen LogP contribution in [0.15, 0.2) is 47.8 Å². The molecule has 0 saturated carbocycles. The molecule has 1 aromatic carbocycles. The lowest BCUT2D eigenvalue weighted by molar-refractivity contribution is -0.125. The van der Waals surface area contributed by atoms with E-state index in [0.717, 1.165) is 5.56 Å². The SMILES string of the molecule is COc1ccccc1C1=NOC(C(=O)Nc2cccnc2Cl)C1. The van der Waals surface area contributed by atoms with E-state index < -0.39 is 6.10 Å². The minimum absolute atomic E-state index is 0.227. The van der Waals surface area contributed by atoms with Gasteiger partial charge in [0.05, 0.1) is 18.5 Å². The number of halogens is 1. The molecule has 0 bridgehead atoms. The molecular weight excluding hydrogens is 318 g/mol. The molecule has 0 spiro atoms. The Morgan fingerprint density at radius 3 is 2.96 bits per heavy atom. The van der Waals surface area contributed by atoms with E-state index in [2.05, 4.69) is 15.5 Å². The molecule has 118 valence electrons. The molecule has 1 aromatic heterocycles. The average Bonchev–Trinajstić information content (AvgIpc) is 3.07. The van der Waals surface area contributed by atoms with Crippen molar-refractivity contribution < 1.29 is 14.4 Å². The fraction of sp³-hybridized carbons (Fsp3) is 0.188. The van der Waals surface area contributed by atoms with Gasteiger partial charge in [0.25, 0.3) is 5.91 Å². The first-order valence-corrected chi connectivity index (χ1v) is 7.34. The zero-order valence-electron chi connectivity index (χ0n) is 12.3. The van der Waals surface area contributed by atoms with E-state index in [0.29, 0.717) is 23.6 Å². The van der Waals surface area contributed by atoms with Crippen LogP contribution in [0.4, 0.5) is 5.69 Å². The van der Waals surface area contributed by atoms with Gasteiger partial charge in [-0.15, -0.1) is 0 Å². The van der Waals surface area contributed by atoms with Crippen molar-refractivity contribution >= 4 is 28.9 Å². The second-order valence-corrected chi connectivity index (χ2v) is 5.23. The van der Waals surface area contributed by atoms with Gasteiger partial charge in [0.15, 0.2) is 5.15 Å². The highest BCUT2D eigenvalue weighted by Gasteiger charge is 2.30. The smallest absolute Gasteiger partial charge is 0.268 e. The van der Waals surface area contributed by atoms with Crippen molar-refractivity contribution in [3.05, 3.63) is 53.3 Å². The number of benzene rings is 1. The van der Waals surface area contributed by atoms with Gasteiger partial charge in [0.1, 0.15) is 5.75 Å². The summed E-state index contributed by atoms with van der Waals surface area (Å²) < 4.78 is 5.30. The number of nitrogens with zero attached hydrogens (tertiary/aromatic N) is 2. The predicted octanol–water partition coefficient (Wildman–Crippen LogP) is 2.88. The van der Waals surface area contributed by atoms with Gasteiger partial charge in [-0.3, -0.25) is 4.79 Å². The van der Waals surface area contributed by atoms with Gasteiger partial charge < -0.3 is 14.9 Å². The highest BCUT2D eigenvalue weighted by atomic mass is 35.5. The lowest BCUT2D eigenvalue weighted by Crippen LogP contribution is -2.28. The highest BCUT2D eigenvalue weighted by molar-refractivity contribution is 6.32. The van der Waals surface area contributed by atoms with E-state index in [4.69, 9.17) is 21.2 Å². The Labute approximate surface area is 138 Å². The van der Waals surface area contributed by atoms with Crippen molar-refractivity contribution in [1.29, 1.82) is 0 Å². The van der Waals surface area contributed by atoms with Crippen molar-refractivity contribution in [2.45, 2.75) is 12.5 Å². The third kappa shape index (κ3) is 3.27. The van der Waals surface area contributed by atoms with Crippen LogP contribution in [-0.4, -0.2) is 29.8 Å². The molecule has 2 heterocycles. The molecule has 0 saturated heterocycles. The van der Waals surface area contributed by atoms with Gasteiger partial charge >= 0.3 is 0 Å². The molecule has 23 heavy (non-hydrogen) atoms. The van der Waals surface area contributed by atoms with E-state index in [1.54, 1.807) is 25.4 Å². The van der Waals surface area contributed by atoms with Crippen LogP contribution in [-0.2, 0) is 9.63 Å². The number of nitrogens with one attached hydrogen (secondary N) is 1. The second kappa shape index (κ2) is 6.66. The summed E-state index contributed by atoms with van der Waals surface area (Å²) in [5, 5.41) is 6.92. The van der Waals surface area contributed by atoms with Gasteiger partial charge in [-0.2, -0.15) is 0 Å². The topological polar surface area (TPSA) is 72.8 Å². The largest absolute Gasteiger partial charge is 0.496 e. The number of anilines is 1. The number of methoxy groups -OCH3 is 1. The normalized spacial score (nSPS) is 16.4. The number of amides is 1. The fourth-order valence-electron chi connectivity index (χ4n) is 2.25. The maximum Gasteiger partial charge on any atom is 0.268 e. The standard InChI is InChI=1S/C16H14ClN3O3/c1-22-13-7-3-2-5-10(13)12-9-14(23-20-12)16(21)19-11-6-4-8-18-15(11)17/h2-8,14H,9H2,1H3,(H,19,21). The van der Waals surface area contributed by atoms with E-state index in [-0.39, 0.29) is 11.1 Å². The number of carbonyl (C=O) groups excluding carboxylic acids is 1. The third-order valence-corrected chi connectivity index (χ3v) is 3.70. The first-order valence-electron chi connectivity index (χ1n) is 6.96. The summed E-state index contributed by atoms with van der Waals surface area (Å²) in [4.78, 5) is 21.4. The van der Waals surface area contributed by atoms with E-state index in [9.17, 15) is 4.79 Å². The Balaban J connectivity index is 1.69. The van der Waals surface area contributed by atoms with Crippen LogP contribution in [0, 0.1) is 0 Å². The van der Waals surface area contributed by atoms with Crippen LogP contribution in [0.5, 0.6) is 5.75 Å². The van der Waals surface area contributed by atoms with Gasteiger partial charge in [-0.1, -0.05) is 28.9 Å². The molecule has 0 aliphatic carbocycles. The number of ether oxygens (including phenoxy) is 1. The van der Waals surface area contributed by atoms with Crippen LogP contribution < -0.4 is 10.1 Å². The molecule has 1 atom stereocenters. The molecule has 2 aromatic rings. The summed E-state index contributed by atoms with van der Waals surface area (Å²) in [6, 6.07) is 10.8. The fourth-order valence-corrected chi connectivity index (χ4v) is 2.42. The molecule has 0 radical (unpaired) electrons. The van der Waals surface area contributed by atoms with Crippen molar-refractivity contribution in [3.8, 4) is 5.75 Å². The van der Waals surface area contributed by atoms with E-state index >= 15 is 0 Å². The van der Waals surface area contributed by atoms with Gasteiger partial charge in [-0.25, -0.2) is 4.98 Å². The maximum absolute atomic E-state index is 12.3. The first kappa shape index (κ1) is 15.3. The van der Waals surface area contributed by atoms with E-state index in [1.165, 1.54) is 0 Å². The highest BCUT2D eigenvalue weighted by Crippen LogP contribution is 2.25. The number of carbonyl (C=O) groups is 1. The molecule has 3 rings (SSSR count). The monoisotopic (exact) mass is 331 g/mol. The van der Waals surface area contributed by atoms with E-state index in [1.807, 2.05) is 24.3 Å². The van der Waals surface area contributed by atoms with Crippen molar-refractivity contribution in [3.63, 3.8) is 0 Å². The van der Waals surface area contributed by atoms with Gasteiger partial charge in [0.2, 0.25) is 6.10 Å². The molecule has 1 unspecified atom stereocenters. The minimum Gasteiger partial charge on any atom is -0.496 e. The molecule has 1 N–H and O–H groups in total. The van der Waals surface area contributed by atoms with Crippen molar-refractivity contribution in [1.82, 2.24) is 4.98 Å². The Hall–Kier alpha value is -2.60. The van der Waals surface area contributed by atoms with Crippen molar-refractivity contribution in [2.75, 3.05) is 12.4 Å². The van der Waals surface area contributed by atoms with Crippen LogP contribution in [0.25, 0.3) is 0 Å². The predicted molar refractivity (Wildman–Crippen MR) is 86.9 cm³/mol. The molecule has 7 heteroatoms. The maximum atomic E-state index is 12.3. The summed E-state index contributed by atoms with van der Waals surface area (Å²) in [6.45, 7) is 0. The Bertz CT molecular complexity index is 764. The van der Waals surface area contributed by atoms with Gasteiger partial charge in [-0.05, 0) is 24.3 Å². The van der Waals surface area contributed by atoms with Crippen LogP contribution >= 0.6 is 11.6 Å². The second-order valence-electron chi connectivity index (χ2n) is 4.87. The zero-order chi connectivity index (χ0) is 16.2. The molecule has 1 amide bonds. The average molecular weight is 332 g/mol. The summed E-state index contributed by atoms with van der Waals surface area (Å²) >= 11 is 5.93. The summed E-state index contributed by atoms with van der Waals surface area (Å²) in [5.41, 5.74) is 1.91. The summed E-state index contributed by atoms with van der Waals surface area (Å²) in [6.07, 6.45) is 1.18. The van der Waals surface area contributed by atoms with Crippen molar-refractivity contribution in [2.24, 2.45) is 5.16 Å². The lowest BCUT2D eigenvalue weighted by Gasteiger charge is -2.10. The van der Waals surface area contributed by atoms with Crippen LogP contribution in [0.1, 0.15) is 12.0 Å². The Morgan fingerprint density at radius 1 is 1.35 bits per heavy atom. The van der Waals surface area contributed by atoms with Crippen LogP contribution in [0.3, 0.4) is 0 Å². The van der Waals surface area contributed by atoms with Gasteiger partial charge in [0, 0.05) is 18.2 Å². The summed E-state index contributed by atoms with van der Waals surface area (Å²) in [5.74, 6) is 0.361. The third-order valence-electron chi connectivity index (χ3n) is 3.40. The molecule has 1 aliphatic heterocycles. The number of hydrogen-bond acceptors (Lipinski definition) is 5. The molecule has 6 nitrogen and oxygen atoms in total. The summed E-state index contributed by atoms with van der Waals surface area (Å²) in [7, 11) is 1.59. The van der Waals surface area contributed by atoms with Crippen LogP contribution in [0.2, 0.25) is 5.15 Å². The minimum atomic E-state index is -0.716. The number of oxime groups is 1. The molecular formula is C16H14ClN3O3. The molecule has 1 aliphatic rings. The zero-order valence-corrected chi connectivity index (χ0v) is 13.1. The number of para-hydroxylation sites is 1. The Kier molecular flexibility index (Phi) is 4.43.